The fraction of sp³-hybridized carbons (Fsp3) is 0.0588. The molecule has 0 atom stereocenters. The van der Waals surface area contributed by atoms with Gasteiger partial charge >= 0.3 is 0 Å². The molecule has 0 radical (unpaired) electrons. The summed E-state index contributed by atoms with van der Waals surface area (Å²) in [6.07, 6.45) is 5.10. The van der Waals surface area contributed by atoms with Crippen LogP contribution in [-0.4, -0.2) is 18.4 Å². The smallest absolute Gasteiger partial charge is 0.240 e. The molecule has 0 bridgehead atoms. The Hall–Kier alpha value is -2.57. The molecule has 0 aliphatic heterocycles. The first-order valence-corrected chi connectivity index (χ1v) is 8.53. The van der Waals surface area contributed by atoms with Crippen LogP contribution in [0.5, 0.6) is 0 Å². The molecule has 2 heterocycles. The van der Waals surface area contributed by atoms with Crippen LogP contribution in [-0.2, 0) is 16.6 Å². The second-order valence-electron chi connectivity index (χ2n) is 4.93. The quantitative estimate of drug-likeness (QED) is 0.783. The Morgan fingerprint density at radius 1 is 0.913 bits per heavy atom. The Labute approximate surface area is 135 Å². The lowest BCUT2D eigenvalue weighted by atomic mass is 10.1. The van der Waals surface area contributed by atoms with Crippen LogP contribution < -0.4 is 4.72 Å². The first-order valence-electron chi connectivity index (χ1n) is 7.05. The Bertz CT molecular complexity index is 865. The number of rotatable bonds is 5. The molecule has 1 N–H and O–H groups in total. The van der Waals surface area contributed by atoms with Crippen molar-refractivity contribution in [3.05, 3.63) is 78.8 Å². The molecule has 0 unspecified atom stereocenters. The molecule has 6 heteroatoms. The summed E-state index contributed by atoms with van der Waals surface area (Å²) in [7, 11) is -3.51. The predicted molar refractivity (Wildman–Crippen MR) is 87.9 cm³/mol. The number of nitrogens with zero attached hydrogens (tertiary/aromatic N) is 2. The van der Waals surface area contributed by atoms with E-state index < -0.39 is 10.0 Å². The van der Waals surface area contributed by atoms with Gasteiger partial charge in [0.05, 0.1) is 10.6 Å². The topological polar surface area (TPSA) is 72.0 Å². The zero-order chi connectivity index (χ0) is 16.1. The minimum Gasteiger partial charge on any atom is -0.264 e. The summed E-state index contributed by atoms with van der Waals surface area (Å²) < 4.78 is 26.9. The second kappa shape index (κ2) is 6.68. The molecule has 2 aromatic heterocycles. The van der Waals surface area contributed by atoms with Gasteiger partial charge in [-0.3, -0.25) is 9.97 Å². The van der Waals surface area contributed by atoms with Crippen molar-refractivity contribution in [2.24, 2.45) is 0 Å². The van der Waals surface area contributed by atoms with Crippen molar-refractivity contribution in [3.8, 4) is 11.3 Å². The number of nitrogens with one attached hydrogen (secondary N) is 1. The highest BCUT2D eigenvalue weighted by Gasteiger charge is 2.12. The third kappa shape index (κ3) is 3.80. The lowest BCUT2D eigenvalue weighted by Gasteiger charge is -2.07. The lowest BCUT2D eigenvalue weighted by Crippen LogP contribution is -2.23. The molecule has 0 aliphatic rings. The first kappa shape index (κ1) is 15.3. The van der Waals surface area contributed by atoms with Crippen LogP contribution in [0.15, 0.2) is 78.1 Å². The van der Waals surface area contributed by atoms with Gasteiger partial charge in [0.25, 0.3) is 0 Å². The van der Waals surface area contributed by atoms with Crippen molar-refractivity contribution in [2.75, 3.05) is 0 Å². The monoisotopic (exact) mass is 325 g/mol. The van der Waals surface area contributed by atoms with Gasteiger partial charge in [-0.15, -0.1) is 0 Å². The molecule has 0 spiro atoms. The summed E-state index contributed by atoms with van der Waals surface area (Å²) in [5.74, 6) is 0. The van der Waals surface area contributed by atoms with Crippen LogP contribution >= 0.6 is 0 Å². The molecule has 116 valence electrons. The largest absolute Gasteiger partial charge is 0.264 e. The van der Waals surface area contributed by atoms with Crippen molar-refractivity contribution in [1.82, 2.24) is 14.7 Å². The maximum Gasteiger partial charge on any atom is 0.240 e. The third-order valence-corrected chi connectivity index (χ3v) is 4.72. The van der Waals surface area contributed by atoms with E-state index in [1.165, 1.54) is 0 Å². The second-order valence-corrected chi connectivity index (χ2v) is 6.70. The van der Waals surface area contributed by atoms with Gasteiger partial charge in [-0.2, -0.15) is 0 Å². The van der Waals surface area contributed by atoms with Crippen molar-refractivity contribution < 1.29 is 8.42 Å². The van der Waals surface area contributed by atoms with Crippen molar-refractivity contribution in [1.29, 1.82) is 0 Å². The molecule has 1 aromatic carbocycles. The molecule has 0 saturated carbocycles. The van der Waals surface area contributed by atoms with Crippen LogP contribution in [0.1, 0.15) is 5.56 Å². The van der Waals surface area contributed by atoms with E-state index in [0.29, 0.717) is 0 Å². The fourth-order valence-electron chi connectivity index (χ4n) is 2.08. The standard InChI is InChI=1S/C17H15N3O2S/c21-23(22,16-6-2-1-3-7-16)20-12-14-8-9-17(19-11-14)15-5-4-10-18-13-15/h1-11,13,20H,12H2. The maximum atomic E-state index is 12.2. The number of hydrogen-bond donors (Lipinski definition) is 1. The molecular weight excluding hydrogens is 310 g/mol. The summed E-state index contributed by atoms with van der Waals surface area (Å²) in [4.78, 5) is 8.65. The van der Waals surface area contributed by atoms with Gasteiger partial charge < -0.3 is 0 Å². The van der Waals surface area contributed by atoms with Gasteiger partial charge in [-0.25, -0.2) is 13.1 Å². The van der Waals surface area contributed by atoms with E-state index in [-0.39, 0.29) is 11.4 Å². The van der Waals surface area contributed by atoms with Gasteiger partial charge in [-0.05, 0) is 35.9 Å². The molecule has 0 saturated heterocycles. The summed E-state index contributed by atoms with van der Waals surface area (Å²) in [5, 5.41) is 0. The highest BCUT2D eigenvalue weighted by molar-refractivity contribution is 7.89. The number of benzene rings is 1. The molecule has 23 heavy (non-hydrogen) atoms. The van der Waals surface area contributed by atoms with Crippen molar-refractivity contribution >= 4 is 10.0 Å². The molecule has 0 fully saturated rings. The van der Waals surface area contributed by atoms with Crippen LogP contribution in [0.2, 0.25) is 0 Å². The molecule has 0 amide bonds. The Balaban J connectivity index is 1.70. The van der Waals surface area contributed by atoms with Crippen LogP contribution in [0.25, 0.3) is 11.3 Å². The van der Waals surface area contributed by atoms with Gasteiger partial charge in [0, 0.05) is 30.7 Å². The number of sulfonamides is 1. The highest BCUT2D eigenvalue weighted by Crippen LogP contribution is 2.15. The average molecular weight is 325 g/mol. The number of hydrogen-bond acceptors (Lipinski definition) is 4. The van der Waals surface area contributed by atoms with Gasteiger partial charge in [0.15, 0.2) is 0 Å². The van der Waals surface area contributed by atoms with E-state index in [2.05, 4.69) is 14.7 Å². The Morgan fingerprint density at radius 3 is 2.39 bits per heavy atom. The van der Waals surface area contributed by atoms with E-state index in [1.54, 1.807) is 48.9 Å². The van der Waals surface area contributed by atoms with E-state index in [1.807, 2.05) is 24.3 Å². The Kier molecular flexibility index (Phi) is 4.45. The van der Waals surface area contributed by atoms with Crippen LogP contribution in [0.4, 0.5) is 0 Å². The minimum atomic E-state index is -3.51. The van der Waals surface area contributed by atoms with E-state index in [0.717, 1.165) is 16.8 Å². The average Bonchev–Trinajstić information content (AvgIpc) is 2.62. The van der Waals surface area contributed by atoms with E-state index >= 15 is 0 Å². The highest BCUT2D eigenvalue weighted by atomic mass is 32.2. The zero-order valence-corrected chi connectivity index (χ0v) is 13.1. The SMILES string of the molecule is O=S(=O)(NCc1ccc(-c2cccnc2)nc1)c1ccccc1. The molecule has 0 aliphatic carbocycles. The Morgan fingerprint density at radius 2 is 1.74 bits per heavy atom. The molecule has 5 nitrogen and oxygen atoms in total. The van der Waals surface area contributed by atoms with Gasteiger partial charge in [-0.1, -0.05) is 24.3 Å². The first-order chi connectivity index (χ1) is 11.1. The summed E-state index contributed by atoms with van der Waals surface area (Å²) in [6.45, 7) is 0.192. The normalized spacial score (nSPS) is 11.3. The fourth-order valence-corrected chi connectivity index (χ4v) is 3.11. The van der Waals surface area contributed by atoms with Crippen LogP contribution in [0, 0.1) is 0 Å². The number of aromatic nitrogens is 2. The van der Waals surface area contributed by atoms with Gasteiger partial charge in [0.2, 0.25) is 10.0 Å². The van der Waals surface area contributed by atoms with Gasteiger partial charge in [0.1, 0.15) is 0 Å². The van der Waals surface area contributed by atoms with E-state index in [9.17, 15) is 8.42 Å². The number of pyridine rings is 2. The summed E-state index contributed by atoms with van der Waals surface area (Å²) in [6, 6.07) is 15.8. The third-order valence-electron chi connectivity index (χ3n) is 3.30. The summed E-state index contributed by atoms with van der Waals surface area (Å²) >= 11 is 0. The lowest BCUT2D eigenvalue weighted by molar-refractivity contribution is 0.581. The molecule has 3 rings (SSSR count). The van der Waals surface area contributed by atoms with E-state index in [4.69, 9.17) is 0 Å². The van der Waals surface area contributed by atoms with Crippen molar-refractivity contribution in [3.63, 3.8) is 0 Å². The maximum absolute atomic E-state index is 12.2. The zero-order valence-electron chi connectivity index (χ0n) is 12.3. The van der Waals surface area contributed by atoms with Crippen LogP contribution in [0.3, 0.4) is 0 Å². The predicted octanol–water partition coefficient (Wildman–Crippen LogP) is 2.62. The molecule has 3 aromatic rings. The molecular formula is C17H15N3O2S. The van der Waals surface area contributed by atoms with Crippen molar-refractivity contribution in [2.45, 2.75) is 11.4 Å². The summed E-state index contributed by atoms with van der Waals surface area (Å²) in [5.41, 5.74) is 2.51. The minimum absolute atomic E-state index is 0.192.